The van der Waals surface area contributed by atoms with Crippen LogP contribution in [0.1, 0.15) is 35.3 Å². The second-order valence-corrected chi connectivity index (χ2v) is 7.63. The summed E-state index contributed by atoms with van der Waals surface area (Å²) in [5, 5.41) is 13.7. The summed E-state index contributed by atoms with van der Waals surface area (Å²) >= 11 is 0. The number of nitrogens with one attached hydrogen (secondary N) is 1. The van der Waals surface area contributed by atoms with Gasteiger partial charge in [0.1, 0.15) is 11.3 Å². The molecule has 150 valence electrons. The van der Waals surface area contributed by atoms with Crippen molar-refractivity contribution in [3.63, 3.8) is 0 Å². The Morgan fingerprint density at radius 3 is 2.38 bits per heavy atom. The van der Waals surface area contributed by atoms with Crippen LogP contribution in [-0.2, 0) is 11.2 Å². The number of ether oxygens (including phenoxy) is 1. The molecule has 0 atom stereocenters. The second-order valence-electron chi connectivity index (χ2n) is 7.63. The van der Waals surface area contributed by atoms with Gasteiger partial charge in [-0.3, -0.25) is 4.79 Å². The molecule has 29 heavy (non-hydrogen) atoms. The molecule has 0 aromatic heterocycles. The quantitative estimate of drug-likeness (QED) is 0.627. The lowest BCUT2D eigenvalue weighted by Gasteiger charge is -2.22. The predicted molar refractivity (Wildman–Crippen MR) is 114 cm³/mol. The Balaban J connectivity index is 1.88. The third-order valence-corrected chi connectivity index (χ3v) is 4.84. The molecule has 0 bridgehead atoms. The second kappa shape index (κ2) is 8.35. The minimum absolute atomic E-state index is 0.321. The van der Waals surface area contributed by atoms with Crippen molar-refractivity contribution in [1.82, 2.24) is 5.32 Å². The van der Waals surface area contributed by atoms with Gasteiger partial charge in [-0.2, -0.15) is 0 Å². The topological polar surface area (TPSA) is 75.6 Å². The molecule has 0 fully saturated rings. The summed E-state index contributed by atoms with van der Waals surface area (Å²) in [6.07, 6.45) is 0.700. The molecular weight excluding hydrogens is 366 g/mol. The molecule has 0 aliphatic carbocycles. The zero-order valence-corrected chi connectivity index (χ0v) is 16.9. The Kier molecular flexibility index (Phi) is 5.87. The molecule has 0 radical (unpaired) electrons. The van der Waals surface area contributed by atoms with Gasteiger partial charge in [0.05, 0.1) is 12.2 Å². The van der Waals surface area contributed by atoms with Gasteiger partial charge in [0.15, 0.2) is 0 Å². The number of carboxylic acid groups (broad SMARTS) is 1. The van der Waals surface area contributed by atoms with E-state index >= 15 is 0 Å². The third-order valence-electron chi connectivity index (χ3n) is 4.84. The number of aryl methyl sites for hydroxylation is 1. The van der Waals surface area contributed by atoms with Gasteiger partial charge in [0.2, 0.25) is 0 Å². The zero-order chi connectivity index (χ0) is 21.0. The van der Waals surface area contributed by atoms with Crippen LogP contribution in [0, 0.1) is 6.92 Å². The molecular formula is C24H25NO4. The van der Waals surface area contributed by atoms with Crippen LogP contribution in [0.4, 0.5) is 0 Å². The lowest BCUT2D eigenvalue weighted by atomic mass is 10.0. The number of fused-ring (bicyclic) bond motifs is 1. The number of amides is 1. The molecule has 3 aromatic carbocycles. The van der Waals surface area contributed by atoms with Crippen molar-refractivity contribution in [2.75, 3.05) is 6.61 Å². The summed E-state index contributed by atoms with van der Waals surface area (Å²) < 4.78 is 6.07. The van der Waals surface area contributed by atoms with Gasteiger partial charge in [-0.05, 0) is 37.8 Å². The van der Waals surface area contributed by atoms with E-state index < -0.39 is 17.4 Å². The summed E-state index contributed by atoms with van der Waals surface area (Å²) in [7, 11) is 0. The summed E-state index contributed by atoms with van der Waals surface area (Å²) in [5.41, 5.74) is 1.28. The van der Waals surface area contributed by atoms with Gasteiger partial charge < -0.3 is 15.2 Å². The standard InChI is InChI=1S/C24H25NO4/c1-16-8-10-17(11-9-16)14-15-29-21-19-7-5-4-6-18(19)12-13-20(21)22(26)25-24(2,3)23(27)28/h4-13H,14-15H2,1-3H3,(H,25,26)(H,27,28). The average molecular weight is 391 g/mol. The Labute approximate surface area is 170 Å². The highest BCUT2D eigenvalue weighted by atomic mass is 16.5. The first-order chi connectivity index (χ1) is 13.8. The van der Waals surface area contributed by atoms with E-state index in [1.807, 2.05) is 37.3 Å². The fourth-order valence-corrected chi connectivity index (χ4v) is 3.01. The van der Waals surface area contributed by atoms with Crippen LogP contribution >= 0.6 is 0 Å². The Morgan fingerprint density at radius 1 is 1.00 bits per heavy atom. The molecule has 1 amide bonds. The SMILES string of the molecule is Cc1ccc(CCOc2c(C(=O)NC(C)(C)C(=O)O)ccc3ccccc23)cc1. The van der Waals surface area contributed by atoms with Crippen molar-refractivity contribution >= 4 is 22.6 Å². The van der Waals surface area contributed by atoms with E-state index in [9.17, 15) is 14.7 Å². The molecule has 3 rings (SSSR count). The van der Waals surface area contributed by atoms with E-state index in [0.717, 1.165) is 16.3 Å². The van der Waals surface area contributed by atoms with Crippen LogP contribution in [0.5, 0.6) is 5.75 Å². The summed E-state index contributed by atoms with van der Waals surface area (Å²) in [6, 6.07) is 19.4. The van der Waals surface area contributed by atoms with E-state index in [4.69, 9.17) is 4.74 Å². The van der Waals surface area contributed by atoms with Crippen molar-refractivity contribution < 1.29 is 19.4 Å². The molecule has 0 saturated carbocycles. The highest BCUT2D eigenvalue weighted by Gasteiger charge is 2.30. The molecule has 0 aliphatic heterocycles. The van der Waals surface area contributed by atoms with Gasteiger partial charge in [0.25, 0.3) is 5.91 Å². The van der Waals surface area contributed by atoms with E-state index in [1.165, 1.54) is 19.4 Å². The lowest BCUT2D eigenvalue weighted by Crippen LogP contribution is -2.49. The Bertz CT molecular complexity index is 1040. The molecule has 0 heterocycles. The third kappa shape index (κ3) is 4.74. The number of benzene rings is 3. The number of carbonyl (C=O) groups excluding carboxylic acids is 1. The Hall–Kier alpha value is -3.34. The summed E-state index contributed by atoms with van der Waals surface area (Å²) in [4.78, 5) is 24.2. The first-order valence-electron chi connectivity index (χ1n) is 9.54. The van der Waals surface area contributed by atoms with Gasteiger partial charge >= 0.3 is 5.97 Å². The van der Waals surface area contributed by atoms with Gasteiger partial charge in [-0.25, -0.2) is 4.79 Å². The van der Waals surface area contributed by atoms with Crippen LogP contribution in [0.25, 0.3) is 10.8 Å². The number of hydrogen-bond acceptors (Lipinski definition) is 3. The van der Waals surface area contributed by atoms with Crippen LogP contribution in [0.15, 0.2) is 60.7 Å². The van der Waals surface area contributed by atoms with E-state index in [-0.39, 0.29) is 0 Å². The highest BCUT2D eigenvalue weighted by Crippen LogP contribution is 2.30. The molecule has 0 aliphatic rings. The maximum absolute atomic E-state index is 12.8. The minimum atomic E-state index is -1.39. The van der Waals surface area contributed by atoms with Crippen molar-refractivity contribution in [2.45, 2.75) is 32.7 Å². The molecule has 0 unspecified atom stereocenters. The summed E-state index contributed by atoms with van der Waals surface area (Å²) in [5.74, 6) is -1.11. The first kappa shape index (κ1) is 20.4. The van der Waals surface area contributed by atoms with Crippen LogP contribution in [-0.4, -0.2) is 29.1 Å². The van der Waals surface area contributed by atoms with Crippen LogP contribution < -0.4 is 10.1 Å². The molecule has 0 spiro atoms. The summed E-state index contributed by atoms with van der Waals surface area (Å²) in [6.45, 7) is 5.35. The number of carboxylic acids is 1. The highest BCUT2D eigenvalue weighted by molar-refractivity contribution is 6.05. The fraction of sp³-hybridized carbons (Fsp3) is 0.250. The van der Waals surface area contributed by atoms with Crippen LogP contribution in [0.2, 0.25) is 0 Å². The molecule has 3 aromatic rings. The normalized spacial score (nSPS) is 11.3. The van der Waals surface area contributed by atoms with E-state index in [2.05, 4.69) is 29.6 Å². The van der Waals surface area contributed by atoms with Gasteiger partial charge in [-0.1, -0.05) is 60.2 Å². The number of carbonyl (C=O) groups is 2. The van der Waals surface area contributed by atoms with E-state index in [1.54, 1.807) is 6.07 Å². The van der Waals surface area contributed by atoms with Crippen molar-refractivity contribution in [3.05, 3.63) is 77.4 Å². The average Bonchev–Trinajstić information content (AvgIpc) is 2.69. The number of hydrogen-bond donors (Lipinski definition) is 2. The minimum Gasteiger partial charge on any atom is -0.492 e. The molecule has 5 nitrogen and oxygen atoms in total. The number of rotatable bonds is 7. The number of aliphatic carboxylic acids is 1. The largest absolute Gasteiger partial charge is 0.492 e. The zero-order valence-electron chi connectivity index (χ0n) is 16.9. The predicted octanol–water partition coefficient (Wildman–Crippen LogP) is 4.36. The van der Waals surface area contributed by atoms with Crippen molar-refractivity contribution in [3.8, 4) is 5.75 Å². The molecule has 0 saturated heterocycles. The lowest BCUT2D eigenvalue weighted by molar-refractivity contribution is -0.143. The molecule has 2 N–H and O–H groups in total. The fourth-order valence-electron chi connectivity index (χ4n) is 3.01. The van der Waals surface area contributed by atoms with Crippen molar-refractivity contribution in [2.24, 2.45) is 0 Å². The van der Waals surface area contributed by atoms with Crippen LogP contribution in [0.3, 0.4) is 0 Å². The molecule has 5 heteroatoms. The van der Waals surface area contributed by atoms with E-state index in [0.29, 0.717) is 24.3 Å². The maximum atomic E-state index is 12.8. The van der Waals surface area contributed by atoms with Crippen molar-refractivity contribution in [1.29, 1.82) is 0 Å². The Morgan fingerprint density at radius 2 is 1.69 bits per heavy atom. The smallest absolute Gasteiger partial charge is 0.328 e. The van der Waals surface area contributed by atoms with Gasteiger partial charge in [-0.15, -0.1) is 0 Å². The van der Waals surface area contributed by atoms with Gasteiger partial charge in [0, 0.05) is 11.8 Å². The maximum Gasteiger partial charge on any atom is 0.328 e. The first-order valence-corrected chi connectivity index (χ1v) is 9.54. The monoisotopic (exact) mass is 391 g/mol.